The van der Waals surface area contributed by atoms with Crippen molar-refractivity contribution in [3.05, 3.63) is 33.6 Å². The summed E-state index contributed by atoms with van der Waals surface area (Å²) in [6, 6.07) is 3.17. The highest BCUT2D eigenvalue weighted by Crippen LogP contribution is 2.31. The Balaban J connectivity index is 3.07. The Bertz CT molecular complexity index is 364. The average Bonchev–Trinajstić information content (AvgIpc) is 2.25. The first kappa shape index (κ1) is 13.8. The van der Waals surface area contributed by atoms with E-state index in [1.165, 1.54) is 12.1 Å². The molecule has 1 rings (SSSR count). The van der Waals surface area contributed by atoms with E-state index in [1.54, 1.807) is 0 Å². The van der Waals surface area contributed by atoms with Crippen LogP contribution in [-0.2, 0) is 0 Å². The van der Waals surface area contributed by atoms with Crippen LogP contribution >= 0.6 is 23.2 Å². The highest BCUT2D eigenvalue weighted by atomic mass is 35.5. The molecule has 1 N–H and O–H groups in total. The van der Waals surface area contributed by atoms with Gasteiger partial charge in [0, 0.05) is 11.1 Å². The second kappa shape index (κ2) is 5.85. The molecule has 0 aliphatic carbocycles. The molecule has 0 amide bonds. The molecule has 0 fully saturated rings. The zero-order valence-corrected chi connectivity index (χ0v) is 11.2. The second-order valence-electron chi connectivity index (χ2n) is 3.88. The summed E-state index contributed by atoms with van der Waals surface area (Å²) in [6.07, 6.45) is 0.957. The summed E-state index contributed by atoms with van der Waals surface area (Å²) >= 11 is 11.7. The van der Waals surface area contributed by atoms with Gasteiger partial charge in [-0.25, -0.2) is 4.39 Å². The van der Waals surface area contributed by atoms with Gasteiger partial charge < -0.3 is 5.32 Å². The minimum atomic E-state index is -0.418. The number of halogens is 3. The number of hydrogen-bond acceptors (Lipinski definition) is 1. The average molecular weight is 264 g/mol. The van der Waals surface area contributed by atoms with Gasteiger partial charge in [-0.15, -0.1) is 0 Å². The van der Waals surface area contributed by atoms with Crippen molar-refractivity contribution in [1.82, 2.24) is 5.32 Å². The lowest BCUT2D eigenvalue weighted by molar-refractivity contribution is 0.471. The van der Waals surface area contributed by atoms with Crippen molar-refractivity contribution in [2.75, 3.05) is 7.05 Å². The Hall–Kier alpha value is -0.310. The summed E-state index contributed by atoms with van der Waals surface area (Å²) in [5.41, 5.74) is 0.796. The highest BCUT2D eigenvalue weighted by Gasteiger charge is 2.19. The molecule has 0 aromatic heterocycles. The van der Waals surface area contributed by atoms with Crippen molar-refractivity contribution in [2.45, 2.75) is 32.2 Å². The van der Waals surface area contributed by atoms with Gasteiger partial charge in [-0.05, 0) is 37.1 Å². The molecular weight excluding hydrogens is 248 g/mol. The highest BCUT2D eigenvalue weighted by molar-refractivity contribution is 6.35. The van der Waals surface area contributed by atoms with Crippen molar-refractivity contribution < 1.29 is 4.39 Å². The maximum Gasteiger partial charge on any atom is 0.142 e. The van der Waals surface area contributed by atoms with E-state index in [2.05, 4.69) is 12.2 Å². The van der Waals surface area contributed by atoms with Crippen LogP contribution < -0.4 is 5.32 Å². The fourth-order valence-corrected chi connectivity index (χ4v) is 2.47. The van der Waals surface area contributed by atoms with E-state index in [1.807, 2.05) is 14.0 Å². The van der Waals surface area contributed by atoms with Gasteiger partial charge in [-0.3, -0.25) is 0 Å². The van der Waals surface area contributed by atoms with Crippen LogP contribution in [0.3, 0.4) is 0 Å². The predicted octanol–water partition coefficient (Wildman–Crippen LogP) is 4.23. The predicted molar refractivity (Wildman–Crippen MR) is 68.0 cm³/mol. The molecule has 0 bridgehead atoms. The van der Waals surface area contributed by atoms with E-state index in [4.69, 9.17) is 23.2 Å². The van der Waals surface area contributed by atoms with Crippen molar-refractivity contribution in [3.63, 3.8) is 0 Å². The van der Waals surface area contributed by atoms with Gasteiger partial charge in [0.15, 0.2) is 0 Å². The molecule has 0 radical (unpaired) electrons. The Morgan fingerprint density at radius 2 is 1.94 bits per heavy atom. The number of hydrogen-bond donors (Lipinski definition) is 1. The molecule has 2 atom stereocenters. The third-order valence-corrected chi connectivity index (χ3v) is 3.56. The van der Waals surface area contributed by atoms with E-state index in [9.17, 15) is 4.39 Å². The summed E-state index contributed by atoms with van der Waals surface area (Å²) < 4.78 is 13.4. The third kappa shape index (κ3) is 2.88. The van der Waals surface area contributed by atoms with E-state index >= 15 is 0 Å². The summed E-state index contributed by atoms with van der Waals surface area (Å²) in [4.78, 5) is 0. The second-order valence-corrected chi connectivity index (χ2v) is 4.69. The van der Waals surface area contributed by atoms with Crippen LogP contribution in [0.25, 0.3) is 0 Å². The molecule has 1 nitrogen and oxygen atoms in total. The molecule has 1 aromatic carbocycles. The molecule has 0 saturated carbocycles. The van der Waals surface area contributed by atoms with Crippen LogP contribution in [0.4, 0.5) is 4.39 Å². The lowest BCUT2D eigenvalue weighted by Crippen LogP contribution is -2.30. The molecule has 0 heterocycles. The number of nitrogens with one attached hydrogen (secondary N) is 1. The number of likely N-dealkylation sites (N-methyl/N-ethyl adjacent to an activating group) is 1. The fourth-order valence-electron chi connectivity index (χ4n) is 1.91. The first-order valence-electron chi connectivity index (χ1n) is 5.33. The van der Waals surface area contributed by atoms with Crippen molar-refractivity contribution >= 4 is 23.2 Å². The first-order valence-corrected chi connectivity index (χ1v) is 6.08. The van der Waals surface area contributed by atoms with Crippen molar-refractivity contribution in [2.24, 2.45) is 0 Å². The smallest absolute Gasteiger partial charge is 0.142 e. The zero-order chi connectivity index (χ0) is 12.3. The standard InChI is InChI=1S/C12H16Cl2FN/c1-4-12(16-3)7(2)8-5-11(15)10(14)6-9(8)13/h5-7,12,16H,4H2,1-3H3. The zero-order valence-electron chi connectivity index (χ0n) is 9.65. The molecule has 0 aliphatic rings. The van der Waals surface area contributed by atoms with E-state index in [0.717, 1.165) is 12.0 Å². The van der Waals surface area contributed by atoms with E-state index < -0.39 is 5.82 Å². The Morgan fingerprint density at radius 3 is 2.44 bits per heavy atom. The monoisotopic (exact) mass is 263 g/mol. The largest absolute Gasteiger partial charge is 0.316 e. The SMILES string of the molecule is CCC(NC)C(C)c1cc(F)c(Cl)cc1Cl. The number of rotatable bonds is 4. The summed E-state index contributed by atoms with van der Waals surface area (Å²) in [6.45, 7) is 4.11. The fraction of sp³-hybridized carbons (Fsp3) is 0.500. The molecule has 0 aliphatic heterocycles. The van der Waals surface area contributed by atoms with Crippen molar-refractivity contribution in [3.8, 4) is 0 Å². The minimum Gasteiger partial charge on any atom is -0.316 e. The molecule has 4 heteroatoms. The van der Waals surface area contributed by atoms with Gasteiger partial charge in [0.05, 0.1) is 5.02 Å². The van der Waals surface area contributed by atoms with Gasteiger partial charge in [0.1, 0.15) is 5.82 Å². The Morgan fingerprint density at radius 1 is 1.31 bits per heavy atom. The Labute approximate surface area is 106 Å². The quantitative estimate of drug-likeness (QED) is 0.802. The van der Waals surface area contributed by atoms with E-state index in [-0.39, 0.29) is 17.0 Å². The lowest BCUT2D eigenvalue weighted by Gasteiger charge is -2.23. The van der Waals surface area contributed by atoms with Crippen LogP contribution in [0, 0.1) is 5.82 Å². The van der Waals surface area contributed by atoms with Crippen LogP contribution in [0.5, 0.6) is 0 Å². The van der Waals surface area contributed by atoms with Gasteiger partial charge in [-0.1, -0.05) is 37.0 Å². The maximum atomic E-state index is 13.4. The minimum absolute atomic E-state index is 0.0680. The van der Waals surface area contributed by atoms with Crippen molar-refractivity contribution in [1.29, 1.82) is 0 Å². The maximum absolute atomic E-state index is 13.4. The summed E-state index contributed by atoms with van der Waals surface area (Å²) in [5.74, 6) is -0.270. The molecular formula is C12H16Cl2FN. The van der Waals surface area contributed by atoms with Crippen LogP contribution in [0.1, 0.15) is 31.7 Å². The molecule has 0 saturated heterocycles. The van der Waals surface area contributed by atoms with Crippen LogP contribution in [0.2, 0.25) is 10.0 Å². The third-order valence-electron chi connectivity index (χ3n) is 2.94. The molecule has 16 heavy (non-hydrogen) atoms. The summed E-state index contributed by atoms with van der Waals surface area (Å²) in [7, 11) is 1.89. The molecule has 1 aromatic rings. The first-order chi connectivity index (χ1) is 7.51. The van der Waals surface area contributed by atoms with Gasteiger partial charge in [0.2, 0.25) is 0 Å². The van der Waals surface area contributed by atoms with Gasteiger partial charge in [-0.2, -0.15) is 0 Å². The summed E-state index contributed by atoms with van der Waals surface area (Å²) in [5, 5.41) is 3.79. The lowest BCUT2D eigenvalue weighted by atomic mass is 9.91. The molecule has 2 unspecified atom stereocenters. The van der Waals surface area contributed by atoms with Crippen LogP contribution in [0.15, 0.2) is 12.1 Å². The normalized spacial score (nSPS) is 14.9. The van der Waals surface area contributed by atoms with Gasteiger partial charge in [0.25, 0.3) is 0 Å². The molecule has 90 valence electrons. The van der Waals surface area contributed by atoms with Gasteiger partial charge >= 0.3 is 0 Å². The molecule has 0 spiro atoms. The Kier molecular flexibility index (Phi) is 5.03. The van der Waals surface area contributed by atoms with E-state index in [0.29, 0.717) is 5.02 Å². The topological polar surface area (TPSA) is 12.0 Å². The number of benzene rings is 1. The van der Waals surface area contributed by atoms with Crippen LogP contribution in [-0.4, -0.2) is 13.1 Å².